The molecule has 7 heteroatoms. The minimum Gasteiger partial charge on any atom is -0.407 e. The molecule has 0 spiro atoms. The van der Waals surface area contributed by atoms with Gasteiger partial charge >= 0.3 is 6.09 Å². The largest absolute Gasteiger partial charge is 0.410 e. The molecule has 3 rings (SSSR count). The molecule has 112 valence electrons. The van der Waals surface area contributed by atoms with E-state index in [0.717, 1.165) is 10.9 Å². The zero-order valence-electron chi connectivity index (χ0n) is 11.8. The van der Waals surface area contributed by atoms with Crippen molar-refractivity contribution in [2.45, 2.75) is 13.5 Å². The molecule has 22 heavy (non-hydrogen) atoms. The van der Waals surface area contributed by atoms with Crippen LogP contribution in [0.3, 0.4) is 0 Å². The third kappa shape index (κ3) is 2.67. The lowest BCUT2D eigenvalue weighted by Gasteiger charge is -2.09. The Balaban J connectivity index is 2.06. The van der Waals surface area contributed by atoms with E-state index in [4.69, 9.17) is 10.5 Å². The summed E-state index contributed by atoms with van der Waals surface area (Å²) in [7, 11) is 0. The molecule has 0 bridgehead atoms. The zero-order valence-corrected chi connectivity index (χ0v) is 13.4. The lowest BCUT2D eigenvalue weighted by atomic mass is 10.2. The number of aromatic nitrogens is 3. The van der Waals surface area contributed by atoms with Crippen LogP contribution in [0.5, 0.6) is 5.75 Å². The summed E-state index contributed by atoms with van der Waals surface area (Å²) in [5.41, 5.74) is 7.48. The number of primary amides is 1. The van der Waals surface area contributed by atoms with E-state index in [9.17, 15) is 4.79 Å². The molecule has 1 amide bonds. The Kier molecular flexibility index (Phi) is 3.81. The average molecular weight is 361 g/mol. The Morgan fingerprint density at radius 3 is 2.77 bits per heavy atom. The molecule has 3 aromatic rings. The number of halogens is 1. The van der Waals surface area contributed by atoms with Crippen molar-refractivity contribution in [1.82, 2.24) is 14.8 Å². The lowest BCUT2D eigenvalue weighted by Crippen LogP contribution is -2.17. The fourth-order valence-electron chi connectivity index (χ4n) is 2.23. The number of amides is 1. The van der Waals surface area contributed by atoms with Gasteiger partial charge < -0.3 is 10.5 Å². The number of aryl methyl sites for hydroxylation is 1. The predicted molar refractivity (Wildman–Crippen MR) is 85.7 cm³/mol. The highest BCUT2D eigenvalue weighted by Gasteiger charge is 2.17. The molecular formula is C15H13BrN4O2. The van der Waals surface area contributed by atoms with Gasteiger partial charge in [-0.1, -0.05) is 30.3 Å². The molecule has 0 atom stereocenters. The van der Waals surface area contributed by atoms with Crippen molar-refractivity contribution in [2.75, 3.05) is 0 Å². The van der Waals surface area contributed by atoms with Gasteiger partial charge in [0.15, 0.2) is 11.4 Å². The normalized spacial score (nSPS) is 10.8. The second-order valence-electron chi connectivity index (χ2n) is 4.79. The van der Waals surface area contributed by atoms with Gasteiger partial charge in [0, 0.05) is 0 Å². The van der Waals surface area contributed by atoms with Crippen LogP contribution in [0.15, 0.2) is 41.0 Å². The van der Waals surface area contributed by atoms with E-state index >= 15 is 0 Å². The Morgan fingerprint density at radius 1 is 1.36 bits per heavy atom. The average Bonchev–Trinajstić information content (AvgIpc) is 2.87. The van der Waals surface area contributed by atoms with Gasteiger partial charge in [0.2, 0.25) is 0 Å². The van der Waals surface area contributed by atoms with Gasteiger partial charge in [0.1, 0.15) is 0 Å². The topological polar surface area (TPSA) is 83.0 Å². The van der Waals surface area contributed by atoms with E-state index in [0.29, 0.717) is 28.1 Å². The third-order valence-corrected chi connectivity index (χ3v) is 4.01. The molecule has 0 unspecified atom stereocenters. The summed E-state index contributed by atoms with van der Waals surface area (Å²) in [6.07, 6.45) is 0.810. The first kappa shape index (κ1) is 14.5. The van der Waals surface area contributed by atoms with E-state index < -0.39 is 6.09 Å². The smallest absolute Gasteiger partial charge is 0.407 e. The van der Waals surface area contributed by atoms with Crippen LogP contribution in [0.1, 0.15) is 11.3 Å². The van der Waals surface area contributed by atoms with E-state index in [1.54, 1.807) is 17.8 Å². The SMILES string of the molecule is Cc1nc2c(cnn2Cc2ccccc2)c(Br)c1OC(N)=O. The molecule has 0 aliphatic heterocycles. The number of pyridine rings is 1. The van der Waals surface area contributed by atoms with Crippen LogP contribution >= 0.6 is 15.9 Å². The maximum atomic E-state index is 11.0. The highest BCUT2D eigenvalue weighted by Crippen LogP contribution is 2.34. The summed E-state index contributed by atoms with van der Waals surface area (Å²) in [5.74, 6) is 0.319. The van der Waals surface area contributed by atoms with E-state index in [1.165, 1.54) is 0 Å². The summed E-state index contributed by atoms with van der Waals surface area (Å²) in [4.78, 5) is 15.5. The number of hydrogen-bond donors (Lipinski definition) is 1. The molecule has 0 aliphatic rings. The van der Waals surface area contributed by atoms with E-state index in [1.807, 2.05) is 30.3 Å². The van der Waals surface area contributed by atoms with Crippen LogP contribution in [-0.4, -0.2) is 20.9 Å². The van der Waals surface area contributed by atoms with Gasteiger partial charge in [-0.15, -0.1) is 0 Å². The van der Waals surface area contributed by atoms with Crippen LogP contribution in [-0.2, 0) is 6.54 Å². The molecule has 2 heterocycles. The number of benzene rings is 1. The number of ether oxygens (including phenoxy) is 1. The molecule has 6 nitrogen and oxygen atoms in total. The first-order valence-corrected chi connectivity index (χ1v) is 7.38. The summed E-state index contributed by atoms with van der Waals surface area (Å²) < 4.78 is 7.42. The Bertz CT molecular complexity index is 846. The highest BCUT2D eigenvalue weighted by molar-refractivity contribution is 9.10. The minimum atomic E-state index is -0.873. The lowest BCUT2D eigenvalue weighted by molar-refractivity contribution is 0.210. The van der Waals surface area contributed by atoms with Crippen LogP contribution < -0.4 is 10.5 Å². The fourth-order valence-corrected chi connectivity index (χ4v) is 2.88. The van der Waals surface area contributed by atoms with Gasteiger partial charge in [-0.25, -0.2) is 14.5 Å². The number of carbonyl (C=O) groups excluding carboxylic acids is 1. The van der Waals surface area contributed by atoms with Crippen molar-refractivity contribution in [3.63, 3.8) is 0 Å². The monoisotopic (exact) mass is 360 g/mol. The number of nitrogens with zero attached hydrogens (tertiary/aromatic N) is 3. The molecule has 0 saturated carbocycles. The summed E-state index contributed by atoms with van der Waals surface area (Å²) in [6, 6.07) is 9.99. The molecule has 0 radical (unpaired) electrons. The van der Waals surface area contributed by atoms with E-state index in [2.05, 4.69) is 26.0 Å². The maximum absolute atomic E-state index is 11.0. The number of hydrogen-bond acceptors (Lipinski definition) is 4. The fraction of sp³-hybridized carbons (Fsp3) is 0.133. The van der Waals surface area contributed by atoms with Crippen molar-refractivity contribution >= 4 is 33.1 Å². The van der Waals surface area contributed by atoms with Crippen molar-refractivity contribution in [3.8, 4) is 5.75 Å². The van der Waals surface area contributed by atoms with Crippen molar-refractivity contribution in [2.24, 2.45) is 5.73 Å². The number of fused-ring (bicyclic) bond motifs is 1. The first-order chi connectivity index (χ1) is 10.6. The van der Waals surface area contributed by atoms with Crippen LogP contribution in [0, 0.1) is 6.92 Å². The minimum absolute atomic E-state index is 0.319. The number of rotatable bonds is 3. The molecule has 0 aliphatic carbocycles. The van der Waals surface area contributed by atoms with Gasteiger partial charge in [0.25, 0.3) is 0 Å². The predicted octanol–water partition coefficient (Wildman–Crippen LogP) is 3.01. The molecule has 0 saturated heterocycles. The van der Waals surface area contributed by atoms with Crippen molar-refractivity contribution in [3.05, 3.63) is 52.3 Å². The van der Waals surface area contributed by atoms with Gasteiger partial charge in [0.05, 0.1) is 28.3 Å². The summed E-state index contributed by atoms with van der Waals surface area (Å²) >= 11 is 3.43. The van der Waals surface area contributed by atoms with Crippen LogP contribution in [0.25, 0.3) is 11.0 Å². The standard InChI is InChI=1S/C15H13BrN4O2/c1-9-13(22-15(17)21)12(16)11-7-18-20(14(11)19-9)8-10-5-3-2-4-6-10/h2-7H,8H2,1H3,(H2,17,21). The number of carbonyl (C=O) groups is 1. The Morgan fingerprint density at radius 2 is 2.09 bits per heavy atom. The Hall–Kier alpha value is -2.41. The number of nitrogens with two attached hydrogens (primary N) is 1. The summed E-state index contributed by atoms with van der Waals surface area (Å²) in [5, 5.41) is 5.13. The zero-order chi connectivity index (χ0) is 15.7. The third-order valence-electron chi connectivity index (χ3n) is 3.23. The summed E-state index contributed by atoms with van der Waals surface area (Å²) in [6.45, 7) is 2.36. The van der Waals surface area contributed by atoms with Crippen LogP contribution in [0.2, 0.25) is 0 Å². The van der Waals surface area contributed by atoms with E-state index in [-0.39, 0.29) is 0 Å². The molecule has 1 aromatic carbocycles. The Labute approximate surface area is 135 Å². The van der Waals surface area contributed by atoms with Crippen molar-refractivity contribution < 1.29 is 9.53 Å². The second-order valence-corrected chi connectivity index (χ2v) is 5.58. The van der Waals surface area contributed by atoms with Crippen LogP contribution in [0.4, 0.5) is 4.79 Å². The quantitative estimate of drug-likeness (QED) is 0.777. The molecular weight excluding hydrogens is 348 g/mol. The molecule has 2 N–H and O–H groups in total. The van der Waals surface area contributed by atoms with Gasteiger partial charge in [-0.3, -0.25) is 0 Å². The molecule has 0 fully saturated rings. The second kappa shape index (κ2) is 5.76. The van der Waals surface area contributed by atoms with Gasteiger partial charge in [-0.05, 0) is 28.4 Å². The van der Waals surface area contributed by atoms with Crippen molar-refractivity contribution in [1.29, 1.82) is 0 Å². The highest BCUT2D eigenvalue weighted by atomic mass is 79.9. The molecule has 2 aromatic heterocycles. The first-order valence-electron chi connectivity index (χ1n) is 6.59. The maximum Gasteiger partial charge on any atom is 0.410 e. The van der Waals surface area contributed by atoms with Gasteiger partial charge in [-0.2, -0.15) is 5.10 Å².